The molecule has 8 rings (SSSR count). The van der Waals surface area contributed by atoms with Crippen molar-refractivity contribution in [2.75, 3.05) is 4.90 Å². The number of pyridine rings is 1. The molecular formula is C35H26N4. The summed E-state index contributed by atoms with van der Waals surface area (Å²) < 4.78 is 2.31. The lowest BCUT2D eigenvalue weighted by atomic mass is 10.0. The van der Waals surface area contributed by atoms with Gasteiger partial charge in [-0.05, 0) is 72.2 Å². The lowest BCUT2D eigenvalue weighted by Crippen LogP contribution is -2.28. The van der Waals surface area contributed by atoms with E-state index < -0.39 is 0 Å². The van der Waals surface area contributed by atoms with Crippen LogP contribution in [0, 0.1) is 0 Å². The van der Waals surface area contributed by atoms with Gasteiger partial charge in [-0.2, -0.15) is 0 Å². The highest BCUT2D eigenvalue weighted by molar-refractivity contribution is 6.06. The minimum Gasteiger partial charge on any atom is -0.332 e. The Bertz CT molecular complexity index is 1840. The van der Waals surface area contributed by atoms with Crippen LogP contribution in [0.4, 0.5) is 11.4 Å². The van der Waals surface area contributed by atoms with Crippen LogP contribution in [-0.4, -0.2) is 21.8 Å². The van der Waals surface area contributed by atoms with E-state index in [9.17, 15) is 0 Å². The number of benzene rings is 4. The Morgan fingerprint density at radius 2 is 1.38 bits per heavy atom. The van der Waals surface area contributed by atoms with E-state index >= 15 is 0 Å². The quantitative estimate of drug-likeness (QED) is 0.245. The molecule has 0 saturated heterocycles. The number of aliphatic imine (C=N–C) groups is 1. The summed E-state index contributed by atoms with van der Waals surface area (Å²) in [4.78, 5) is 11.9. The minimum absolute atomic E-state index is 0.162. The van der Waals surface area contributed by atoms with Crippen molar-refractivity contribution < 1.29 is 0 Å². The highest BCUT2D eigenvalue weighted by Crippen LogP contribution is 2.47. The summed E-state index contributed by atoms with van der Waals surface area (Å²) >= 11 is 0. The fourth-order valence-corrected chi connectivity index (χ4v) is 6.25. The number of hydrogen-bond acceptors (Lipinski definition) is 3. The number of nitrogens with zero attached hydrogens (tertiary/aromatic N) is 4. The number of dihydropyridines is 1. The van der Waals surface area contributed by atoms with Crippen LogP contribution in [0.25, 0.3) is 27.6 Å². The van der Waals surface area contributed by atoms with Crippen LogP contribution in [0.5, 0.6) is 0 Å². The Kier molecular flexibility index (Phi) is 4.99. The van der Waals surface area contributed by atoms with Gasteiger partial charge in [-0.15, -0.1) is 0 Å². The zero-order chi connectivity index (χ0) is 25.8. The second-order valence-corrected chi connectivity index (χ2v) is 10.3. The molecular weight excluding hydrogens is 476 g/mol. The SMILES string of the molecule is C1=CC2C(N=C1)c1ccccc1N2c1ccc(Cc2ccc(-n3c4ccccc4c4ncccc43)cc2)cc1. The molecule has 4 aromatic carbocycles. The normalized spacial score (nSPS) is 17.6. The zero-order valence-corrected chi connectivity index (χ0v) is 21.4. The van der Waals surface area contributed by atoms with Crippen molar-refractivity contribution in [1.29, 1.82) is 0 Å². The van der Waals surface area contributed by atoms with Crippen molar-refractivity contribution in [1.82, 2.24) is 9.55 Å². The Morgan fingerprint density at radius 3 is 2.23 bits per heavy atom. The molecule has 39 heavy (non-hydrogen) atoms. The van der Waals surface area contributed by atoms with Gasteiger partial charge in [0.05, 0.1) is 22.6 Å². The molecule has 0 radical (unpaired) electrons. The minimum atomic E-state index is 0.162. The first-order chi connectivity index (χ1) is 19.3. The van der Waals surface area contributed by atoms with Crippen molar-refractivity contribution in [2.24, 2.45) is 4.99 Å². The number of rotatable bonds is 4. The molecule has 0 amide bonds. The Hall–Kier alpha value is -4.96. The molecule has 2 aliphatic heterocycles. The largest absolute Gasteiger partial charge is 0.332 e. The van der Waals surface area contributed by atoms with Crippen LogP contribution in [-0.2, 0) is 6.42 Å². The molecule has 0 N–H and O–H groups in total. The number of anilines is 2. The first kappa shape index (κ1) is 22.1. The van der Waals surface area contributed by atoms with Gasteiger partial charge in [0.1, 0.15) is 6.04 Å². The molecule has 6 aromatic rings. The molecule has 2 aromatic heterocycles. The molecule has 4 nitrogen and oxygen atoms in total. The van der Waals surface area contributed by atoms with Crippen LogP contribution >= 0.6 is 0 Å². The standard InChI is InChI=1S/C35H26N4/c1-3-9-30-28(7-1)34-32(11-5-21-36-34)38(30)26-17-13-24(14-18-26)23-25-15-19-27(20-16-25)39-31-10-4-2-8-29(31)35-33(39)12-6-22-37-35/h1-22,32,34H,23H2. The first-order valence-corrected chi connectivity index (χ1v) is 13.5. The summed E-state index contributed by atoms with van der Waals surface area (Å²) in [5.74, 6) is 0. The van der Waals surface area contributed by atoms with Crippen LogP contribution in [0.1, 0.15) is 22.7 Å². The topological polar surface area (TPSA) is 33.4 Å². The lowest BCUT2D eigenvalue weighted by molar-refractivity contribution is 0.667. The maximum absolute atomic E-state index is 4.78. The molecule has 0 aliphatic carbocycles. The predicted molar refractivity (Wildman–Crippen MR) is 161 cm³/mol. The van der Waals surface area contributed by atoms with Gasteiger partial charge in [0.15, 0.2) is 0 Å². The van der Waals surface area contributed by atoms with E-state index in [4.69, 9.17) is 4.99 Å². The number of para-hydroxylation sites is 2. The summed E-state index contributed by atoms with van der Waals surface area (Å²) in [6.07, 6.45) is 9.01. The van der Waals surface area contributed by atoms with Gasteiger partial charge in [0, 0.05) is 40.4 Å². The van der Waals surface area contributed by atoms with Crippen LogP contribution in [0.2, 0.25) is 0 Å². The molecule has 0 saturated carbocycles. The molecule has 0 spiro atoms. The maximum atomic E-state index is 4.78. The molecule has 4 heterocycles. The smallest absolute Gasteiger partial charge is 0.101 e. The Morgan fingerprint density at radius 1 is 0.667 bits per heavy atom. The fraction of sp³-hybridized carbons (Fsp3) is 0.0857. The predicted octanol–water partition coefficient (Wildman–Crippen LogP) is 7.97. The summed E-state index contributed by atoms with van der Waals surface area (Å²) in [5.41, 5.74) is 10.8. The van der Waals surface area contributed by atoms with Crippen molar-refractivity contribution in [3.05, 3.63) is 144 Å². The molecule has 186 valence electrons. The maximum Gasteiger partial charge on any atom is 0.101 e. The van der Waals surface area contributed by atoms with E-state index in [2.05, 4.69) is 130 Å². The van der Waals surface area contributed by atoms with Crippen molar-refractivity contribution in [3.8, 4) is 5.69 Å². The third-order valence-corrected chi connectivity index (χ3v) is 8.02. The molecule has 2 unspecified atom stereocenters. The van der Waals surface area contributed by atoms with Crippen LogP contribution in [0.3, 0.4) is 0 Å². The van der Waals surface area contributed by atoms with Crippen molar-refractivity contribution in [3.63, 3.8) is 0 Å². The van der Waals surface area contributed by atoms with E-state index in [0.29, 0.717) is 0 Å². The van der Waals surface area contributed by atoms with E-state index in [1.807, 2.05) is 18.5 Å². The summed E-state index contributed by atoms with van der Waals surface area (Å²) in [6, 6.07) is 39.6. The van der Waals surface area contributed by atoms with Crippen molar-refractivity contribution >= 4 is 39.5 Å². The Labute approximate surface area is 227 Å². The van der Waals surface area contributed by atoms with Gasteiger partial charge < -0.3 is 9.47 Å². The van der Waals surface area contributed by atoms with Gasteiger partial charge >= 0.3 is 0 Å². The third-order valence-electron chi connectivity index (χ3n) is 8.02. The van der Waals surface area contributed by atoms with Gasteiger partial charge in [-0.1, -0.05) is 66.7 Å². The van der Waals surface area contributed by atoms with Crippen LogP contribution in [0.15, 0.2) is 133 Å². The van der Waals surface area contributed by atoms with Gasteiger partial charge in [-0.25, -0.2) is 0 Å². The monoisotopic (exact) mass is 502 g/mol. The molecule has 2 aliphatic rings. The fourth-order valence-electron chi connectivity index (χ4n) is 6.25. The van der Waals surface area contributed by atoms with E-state index in [1.165, 1.54) is 39.0 Å². The molecule has 4 heteroatoms. The third kappa shape index (κ3) is 3.52. The van der Waals surface area contributed by atoms with Gasteiger partial charge in [-0.3, -0.25) is 9.98 Å². The first-order valence-electron chi connectivity index (χ1n) is 13.5. The number of hydrogen-bond donors (Lipinski definition) is 0. The highest BCUT2D eigenvalue weighted by atomic mass is 15.2. The molecule has 0 fully saturated rings. The van der Waals surface area contributed by atoms with E-state index in [1.54, 1.807) is 0 Å². The summed E-state index contributed by atoms with van der Waals surface area (Å²) in [7, 11) is 0. The average Bonchev–Trinajstić information content (AvgIpc) is 3.51. The van der Waals surface area contributed by atoms with Gasteiger partial charge in [0.2, 0.25) is 0 Å². The van der Waals surface area contributed by atoms with E-state index in [-0.39, 0.29) is 12.1 Å². The van der Waals surface area contributed by atoms with Gasteiger partial charge in [0.25, 0.3) is 0 Å². The lowest BCUT2D eigenvalue weighted by Gasteiger charge is -2.28. The molecule has 2 atom stereocenters. The second-order valence-electron chi connectivity index (χ2n) is 10.3. The number of allylic oxidation sites excluding steroid dienone is 1. The number of fused-ring (bicyclic) bond motifs is 6. The molecule has 0 bridgehead atoms. The summed E-state index contributed by atoms with van der Waals surface area (Å²) in [5, 5.41) is 1.18. The summed E-state index contributed by atoms with van der Waals surface area (Å²) in [6.45, 7) is 0. The average molecular weight is 503 g/mol. The van der Waals surface area contributed by atoms with E-state index in [0.717, 1.165) is 23.1 Å². The second kappa shape index (κ2) is 8.81. The number of aromatic nitrogens is 2. The zero-order valence-electron chi connectivity index (χ0n) is 21.4. The van der Waals surface area contributed by atoms with Crippen molar-refractivity contribution in [2.45, 2.75) is 18.5 Å². The Balaban J connectivity index is 1.07. The highest BCUT2D eigenvalue weighted by Gasteiger charge is 2.38. The van der Waals surface area contributed by atoms with Crippen LogP contribution < -0.4 is 4.90 Å².